The van der Waals surface area contributed by atoms with Gasteiger partial charge in [-0.2, -0.15) is 4.31 Å². The van der Waals surface area contributed by atoms with Crippen molar-refractivity contribution in [2.24, 2.45) is 5.73 Å². The average molecular weight is 206 g/mol. The number of amides is 1. The number of carbonyl (C=O) groups is 1. The molecule has 1 amide bonds. The first-order chi connectivity index (χ1) is 5.99. The Hall–Kier alpha value is -0.620. The topological polar surface area (TPSA) is 80.5 Å². The molecule has 0 spiro atoms. The van der Waals surface area contributed by atoms with Crippen LogP contribution >= 0.6 is 0 Å². The van der Waals surface area contributed by atoms with Gasteiger partial charge < -0.3 is 5.73 Å². The second-order valence-corrected chi connectivity index (χ2v) is 5.28. The summed E-state index contributed by atoms with van der Waals surface area (Å²) in [5.41, 5.74) is 5.09. The molecule has 1 aliphatic heterocycles. The van der Waals surface area contributed by atoms with Crippen LogP contribution in [0.3, 0.4) is 0 Å². The largest absolute Gasteiger partial charge is 0.368 e. The Balaban J connectivity index is 2.86. The minimum Gasteiger partial charge on any atom is -0.368 e. The minimum absolute atomic E-state index is 0.0246. The molecule has 1 atom stereocenters. The Kier molecular flexibility index (Phi) is 2.92. The SMILES string of the molecule is CCS(=O)(=O)N1CCCC1C(N)=O. The fourth-order valence-corrected chi connectivity index (χ4v) is 2.86. The van der Waals surface area contributed by atoms with Crippen molar-refractivity contribution in [2.75, 3.05) is 12.3 Å². The van der Waals surface area contributed by atoms with Gasteiger partial charge in [0.2, 0.25) is 15.9 Å². The molecule has 0 aromatic rings. The highest BCUT2D eigenvalue weighted by molar-refractivity contribution is 7.89. The van der Waals surface area contributed by atoms with Gasteiger partial charge in [0.15, 0.2) is 0 Å². The summed E-state index contributed by atoms with van der Waals surface area (Å²) < 4.78 is 24.1. The number of sulfonamides is 1. The van der Waals surface area contributed by atoms with Gasteiger partial charge in [0, 0.05) is 6.54 Å². The summed E-state index contributed by atoms with van der Waals surface area (Å²) in [6.07, 6.45) is 1.27. The molecule has 0 aromatic carbocycles. The molecular weight excluding hydrogens is 192 g/mol. The van der Waals surface area contributed by atoms with Crippen LogP contribution in [0.2, 0.25) is 0 Å². The molecule has 0 aliphatic carbocycles. The minimum atomic E-state index is -3.26. The van der Waals surface area contributed by atoms with Crippen LogP contribution in [0.5, 0.6) is 0 Å². The van der Waals surface area contributed by atoms with Crippen LogP contribution in [-0.2, 0) is 14.8 Å². The molecule has 1 saturated heterocycles. The number of rotatable bonds is 3. The zero-order valence-electron chi connectivity index (χ0n) is 7.56. The van der Waals surface area contributed by atoms with Crippen molar-refractivity contribution in [1.82, 2.24) is 4.31 Å². The van der Waals surface area contributed by atoms with Gasteiger partial charge in [-0.25, -0.2) is 8.42 Å². The molecule has 1 heterocycles. The molecule has 1 aliphatic rings. The van der Waals surface area contributed by atoms with Crippen molar-refractivity contribution in [3.8, 4) is 0 Å². The lowest BCUT2D eigenvalue weighted by Crippen LogP contribution is -2.44. The van der Waals surface area contributed by atoms with Gasteiger partial charge in [-0.1, -0.05) is 0 Å². The second-order valence-electron chi connectivity index (χ2n) is 3.07. The summed E-state index contributed by atoms with van der Waals surface area (Å²) >= 11 is 0. The van der Waals surface area contributed by atoms with Crippen LogP contribution in [0.15, 0.2) is 0 Å². The first-order valence-corrected chi connectivity index (χ1v) is 5.89. The van der Waals surface area contributed by atoms with Crippen molar-refractivity contribution in [3.63, 3.8) is 0 Å². The van der Waals surface area contributed by atoms with Gasteiger partial charge in [-0.15, -0.1) is 0 Å². The van der Waals surface area contributed by atoms with Crippen molar-refractivity contribution < 1.29 is 13.2 Å². The van der Waals surface area contributed by atoms with Gasteiger partial charge in [-0.05, 0) is 19.8 Å². The van der Waals surface area contributed by atoms with Crippen LogP contribution < -0.4 is 5.73 Å². The molecule has 2 N–H and O–H groups in total. The van der Waals surface area contributed by atoms with Crippen LogP contribution in [-0.4, -0.2) is 37.0 Å². The molecule has 1 unspecified atom stereocenters. The monoisotopic (exact) mass is 206 g/mol. The Labute approximate surface area is 77.9 Å². The normalized spacial score (nSPS) is 24.8. The predicted octanol–water partition coefficient (Wildman–Crippen LogP) is -0.714. The summed E-state index contributed by atoms with van der Waals surface area (Å²) in [5, 5.41) is 0. The van der Waals surface area contributed by atoms with E-state index in [0.29, 0.717) is 19.4 Å². The van der Waals surface area contributed by atoms with E-state index in [0.717, 1.165) is 0 Å². The maximum absolute atomic E-state index is 11.4. The Morgan fingerprint density at radius 2 is 2.23 bits per heavy atom. The summed E-state index contributed by atoms with van der Waals surface area (Å²) in [6, 6.07) is -0.620. The van der Waals surface area contributed by atoms with Crippen LogP contribution in [0.1, 0.15) is 19.8 Å². The highest BCUT2D eigenvalue weighted by Crippen LogP contribution is 2.20. The number of carbonyl (C=O) groups excluding carboxylic acids is 1. The Morgan fingerprint density at radius 3 is 2.69 bits per heavy atom. The third-order valence-corrected chi connectivity index (χ3v) is 4.14. The predicted molar refractivity (Wildman–Crippen MR) is 48.4 cm³/mol. The van der Waals surface area contributed by atoms with Crippen molar-refractivity contribution in [2.45, 2.75) is 25.8 Å². The Morgan fingerprint density at radius 1 is 1.62 bits per heavy atom. The van der Waals surface area contributed by atoms with Crippen LogP contribution in [0.4, 0.5) is 0 Å². The summed E-state index contributed by atoms with van der Waals surface area (Å²) in [5.74, 6) is -0.522. The lowest BCUT2D eigenvalue weighted by Gasteiger charge is -2.20. The van der Waals surface area contributed by atoms with Crippen molar-refractivity contribution >= 4 is 15.9 Å². The lowest BCUT2D eigenvalue weighted by atomic mass is 10.2. The highest BCUT2D eigenvalue weighted by Gasteiger charge is 2.36. The van der Waals surface area contributed by atoms with E-state index in [4.69, 9.17) is 5.73 Å². The van der Waals surface area contributed by atoms with E-state index in [1.165, 1.54) is 4.31 Å². The standard InChI is InChI=1S/C7H14N2O3S/c1-2-13(11,12)9-5-3-4-6(9)7(8)10/h6H,2-5H2,1H3,(H2,8,10). The molecule has 0 radical (unpaired) electrons. The molecule has 6 heteroatoms. The lowest BCUT2D eigenvalue weighted by molar-refractivity contribution is -0.121. The zero-order valence-corrected chi connectivity index (χ0v) is 8.38. The molecule has 76 valence electrons. The fourth-order valence-electron chi connectivity index (χ4n) is 1.52. The first-order valence-electron chi connectivity index (χ1n) is 4.28. The van der Waals surface area contributed by atoms with Crippen molar-refractivity contribution in [1.29, 1.82) is 0 Å². The maximum atomic E-state index is 11.4. The van der Waals surface area contributed by atoms with Crippen LogP contribution in [0.25, 0.3) is 0 Å². The summed E-state index contributed by atoms with van der Waals surface area (Å²) in [4.78, 5) is 10.9. The molecule has 1 rings (SSSR count). The van der Waals surface area contributed by atoms with E-state index < -0.39 is 22.0 Å². The molecule has 1 fully saturated rings. The summed E-state index contributed by atoms with van der Waals surface area (Å²) in [7, 11) is -3.26. The number of primary amides is 1. The molecular formula is C7H14N2O3S. The first kappa shape index (κ1) is 10.5. The molecule has 0 bridgehead atoms. The molecule has 13 heavy (non-hydrogen) atoms. The number of hydrogen-bond donors (Lipinski definition) is 1. The zero-order chi connectivity index (χ0) is 10.1. The van der Waals surface area contributed by atoms with Crippen LogP contribution in [0, 0.1) is 0 Å². The second kappa shape index (κ2) is 3.63. The Bertz CT molecular complexity index is 299. The van der Waals surface area contributed by atoms with Crippen molar-refractivity contribution in [3.05, 3.63) is 0 Å². The third kappa shape index (κ3) is 2.00. The van der Waals surface area contributed by atoms with E-state index in [9.17, 15) is 13.2 Å². The smallest absolute Gasteiger partial charge is 0.235 e. The van der Waals surface area contributed by atoms with E-state index >= 15 is 0 Å². The highest BCUT2D eigenvalue weighted by atomic mass is 32.2. The van der Waals surface area contributed by atoms with E-state index in [2.05, 4.69) is 0 Å². The third-order valence-electron chi connectivity index (χ3n) is 2.25. The molecule has 0 saturated carbocycles. The van der Waals surface area contributed by atoms with E-state index in [-0.39, 0.29) is 5.75 Å². The average Bonchev–Trinajstić information content (AvgIpc) is 2.52. The fraction of sp³-hybridized carbons (Fsp3) is 0.857. The molecule has 0 aromatic heterocycles. The van der Waals surface area contributed by atoms with E-state index in [1.807, 2.05) is 0 Å². The van der Waals surface area contributed by atoms with E-state index in [1.54, 1.807) is 6.92 Å². The van der Waals surface area contributed by atoms with Gasteiger partial charge in [0.25, 0.3) is 0 Å². The van der Waals surface area contributed by atoms with Gasteiger partial charge in [0.1, 0.15) is 6.04 Å². The number of hydrogen-bond acceptors (Lipinski definition) is 3. The number of nitrogens with zero attached hydrogens (tertiary/aromatic N) is 1. The van der Waals surface area contributed by atoms with Gasteiger partial charge in [-0.3, -0.25) is 4.79 Å². The summed E-state index contributed by atoms with van der Waals surface area (Å²) in [6.45, 7) is 1.98. The quantitative estimate of drug-likeness (QED) is 0.662. The van der Waals surface area contributed by atoms with Gasteiger partial charge >= 0.3 is 0 Å². The maximum Gasteiger partial charge on any atom is 0.235 e. The molecule has 5 nitrogen and oxygen atoms in total. The van der Waals surface area contributed by atoms with Gasteiger partial charge in [0.05, 0.1) is 5.75 Å². The number of nitrogens with two attached hydrogens (primary N) is 1.